The fourth-order valence-corrected chi connectivity index (χ4v) is 3.46. The van der Waals surface area contributed by atoms with Gasteiger partial charge in [-0.25, -0.2) is 18.9 Å². The zero-order valence-electron chi connectivity index (χ0n) is 18.7. The summed E-state index contributed by atoms with van der Waals surface area (Å²) in [5, 5.41) is 7.07. The topological polar surface area (TPSA) is 109 Å². The van der Waals surface area contributed by atoms with Crippen LogP contribution in [0.3, 0.4) is 0 Å². The van der Waals surface area contributed by atoms with Crippen molar-refractivity contribution in [2.45, 2.75) is 13.5 Å². The molecule has 10 nitrogen and oxygen atoms in total. The highest BCUT2D eigenvalue weighted by Crippen LogP contribution is 2.29. The van der Waals surface area contributed by atoms with E-state index in [-0.39, 0.29) is 6.54 Å². The van der Waals surface area contributed by atoms with E-state index in [1.807, 2.05) is 24.3 Å². The van der Waals surface area contributed by atoms with Crippen molar-refractivity contribution < 1.29 is 19.0 Å². The summed E-state index contributed by atoms with van der Waals surface area (Å²) in [6.07, 6.45) is 0. The molecule has 0 saturated carbocycles. The third kappa shape index (κ3) is 4.36. The lowest BCUT2D eigenvalue weighted by molar-refractivity contribution is -0.117. The Morgan fingerprint density at radius 2 is 1.70 bits per heavy atom. The number of fused-ring (bicyclic) bond motifs is 1. The number of nitrogens with zero attached hydrogens (tertiary/aromatic N) is 4. The van der Waals surface area contributed by atoms with Crippen molar-refractivity contribution in [3.8, 4) is 28.5 Å². The number of rotatable bonds is 7. The Morgan fingerprint density at radius 1 is 0.970 bits per heavy atom. The lowest BCUT2D eigenvalue weighted by Crippen LogP contribution is -2.28. The Bertz CT molecular complexity index is 1370. The molecule has 4 aromatic rings. The highest BCUT2D eigenvalue weighted by Gasteiger charge is 2.15. The number of anilines is 1. The highest BCUT2D eigenvalue weighted by atomic mass is 16.5. The molecule has 0 unspecified atom stereocenters. The van der Waals surface area contributed by atoms with E-state index in [2.05, 4.69) is 15.4 Å². The standard InChI is InChI=1S/C23H23N5O5/c1-14-24-18(15-5-8-17(31-2)9-6-15)12-21-26-27(23(30)28(14)21)13-22(29)25-16-7-10-19(32-3)20(11-16)33-4/h5-12H,13H2,1-4H3,(H,25,29). The van der Waals surface area contributed by atoms with Crippen LogP contribution in [0.5, 0.6) is 17.2 Å². The molecule has 170 valence electrons. The summed E-state index contributed by atoms with van der Waals surface area (Å²) in [6, 6.07) is 14.1. The van der Waals surface area contributed by atoms with Gasteiger partial charge in [0, 0.05) is 23.4 Å². The second-order valence-electron chi connectivity index (χ2n) is 7.17. The molecule has 0 atom stereocenters. The molecule has 1 amide bonds. The molecule has 1 N–H and O–H groups in total. The van der Waals surface area contributed by atoms with Crippen LogP contribution in [0.25, 0.3) is 16.9 Å². The van der Waals surface area contributed by atoms with Crippen LogP contribution in [0, 0.1) is 6.92 Å². The summed E-state index contributed by atoms with van der Waals surface area (Å²) < 4.78 is 18.1. The second-order valence-corrected chi connectivity index (χ2v) is 7.17. The Morgan fingerprint density at radius 3 is 2.36 bits per heavy atom. The van der Waals surface area contributed by atoms with E-state index in [1.165, 1.54) is 18.6 Å². The third-order valence-corrected chi connectivity index (χ3v) is 5.08. The van der Waals surface area contributed by atoms with Crippen molar-refractivity contribution in [3.63, 3.8) is 0 Å². The van der Waals surface area contributed by atoms with Crippen molar-refractivity contribution in [1.82, 2.24) is 19.2 Å². The van der Waals surface area contributed by atoms with E-state index < -0.39 is 11.6 Å². The first-order chi connectivity index (χ1) is 15.9. The Labute approximate surface area is 189 Å². The van der Waals surface area contributed by atoms with Crippen LogP contribution in [-0.4, -0.2) is 46.4 Å². The zero-order valence-corrected chi connectivity index (χ0v) is 18.7. The number of nitrogens with one attached hydrogen (secondary N) is 1. The zero-order chi connectivity index (χ0) is 23.5. The van der Waals surface area contributed by atoms with E-state index in [0.29, 0.717) is 34.4 Å². The third-order valence-electron chi connectivity index (χ3n) is 5.08. The minimum Gasteiger partial charge on any atom is -0.497 e. The van der Waals surface area contributed by atoms with Crippen molar-refractivity contribution in [3.05, 3.63) is 64.8 Å². The van der Waals surface area contributed by atoms with E-state index in [0.717, 1.165) is 16.0 Å². The van der Waals surface area contributed by atoms with E-state index in [4.69, 9.17) is 14.2 Å². The van der Waals surface area contributed by atoms with Gasteiger partial charge in [0.25, 0.3) is 0 Å². The Hall–Kier alpha value is -4.34. The van der Waals surface area contributed by atoms with Crippen molar-refractivity contribution in [1.29, 1.82) is 0 Å². The lowest BCUT2D eigenvalue weighted by Gasteiger charge is -2.10. The van der Waals surface area contributed by atoms with E-state index in [1.54, 1.807) is 38.3 Å². The van der Waals surface area contributed by atoms with Crippen LogP contribution in [0.15, 0.2) is 53.3 Å². The van der Waals surface area contributed by atoms with Gasteiger partial charge in [0.05, 0.1) is 27.0 Å². The molecule has 0 saturated heterocycles. The van der Waals surface area contributed by atoms with Crippen LogP contribution in [-0.2, 0) is 11.3 Å². The summed E-state index contributed by atoms with van der Waals surface area (Å²) in [5.41, 5.74) is 1.98. The van der Waals surface area contributed by atoms with Crippen molar-refractivity contribution >= 4 is 17.2 Å². The van der Waals surface area contributed by atoms with Gasteiger partial charge in [0.2, 0.25) is 5.91 Å². The van der Waals surface area contributed by atoms with Gasteiger partial charge in [-0.05, 0) is 43.3 Å². The van der Waals surface area contributed by atoms with Crippen LogP contribution in [0.1, 0.15) is 5.82 Å². The van der Waals surface area contributed by atoms with Gasteiger partial charge in [0.15, 0.2) is 17.1 Å². The summed E-state index contributed by atoms with van der Waals surface area (Å²) in [6.45, 7) is 1.46. The number of carbonyl (C=O) groups excluding carboxylic acids is 1. The van der Waals surface area contributed by atoms with E-state index in [9.17, 15) is 9.59 Å². The predicted molar refractivity (Wildman–Crippen MR) is 122 cm³/mol. The summed E-state index contributed by atoms with van der Waals surface area (Å²) in [7, 11) is 4.64. The summed E-state index contributed by atoms with van der Waals surface area (Å²) >= 11 is 0. The Balaban J connectivity index is 1.59. The van der Waals surface area contributed by atoms with Gasteiger partial charge in [-0.3, -0.25) is 4.79 Å². The molecule has 0 radical (unpaired) electrons. The molecular formula is C23H23N5O5. The number of aryl methyl sites for hydroxylation is 1. The molecule has 0 bridgehead atoms. The normalized spacial score (nSPS) is 10.8. The van der Waals surface area contributed by atoms with E-state index >= 15 is 0 Å². The SMILES string of the molecule is COc1ccc(-c2cc3nn(CC(=O)Nc4ccc(OC)c(OC)c4)c(=O)n3c(C)n2)cc1. The smallest absolute Gasteiger partial charge is 0.352 e. The van der Waals surface area contributed by atoms with Crippen LogP contribution in [0.4, 0.5) is 5.69 Å². The molecule has 0 aliphatic rings. The minimum absolute atomic E-state index is 0.258. The molecule has 33 heavy (non-hydrogen) atoms. The first-order valence-electron chi connectivity index (χ1n) is 10.1. The minimum atomic E-state index is -0.446. The molecule has 0 aliphatic carbocycles. The number of hydrogen-bond donors (Lipinski definition) is 1. The van der Waals surface area contributed by atoms with Crippen LogP contribution >= 0.6 is 0 Å². The van der Waals surface area contributed by atoms with Gasteiger partial charge in [-0.2, -0.15) is 0 Å². The molecule has 0 aliphatic heterocycles. The number of benzene rings is 2. The van der Waals surface area contributed by atoms with Gasteiger partial charge in [0.1, 0.15) is 18.1 Å². The van der Waals surface area contributed by atoms with Gasteiger partial charge >= 0.3 is 5.69 Å². The number of carbonyl (C=O) groups is 1. The predicted octanol–water partition coefficient (Wildman–Crippen LogP) is 2.53. The number of aromatic nitrogens is 4. The van der Waals surface area contributed by atoms with Crippen LogP contribution < -0.4 is 25.2 Å². The largest absolute Gasteiger partial charge is 0.497 e. The first kappa shape index (κ1) is 21.9. The van der Waals surface area contributed by atoms with Crippen molar-refractivity contribution in [2.24, 2.45) is 0 Å². The van der Waals surface area contributed by atoms with Gasteiger partial charge in [-0.15, -0.1) is 5.10 Å². The molecule has 0 spiro atoms. The fourth-order valence-electron chi connectivity index (χ4n) is 3.46. The highest BCUT2D eigenvalue weighted by molar-refractivity contribution is 5.90. The number of hydrogen-bond acceptors (Lipinski definition) is 7. The number of ether oxygens (including phenoxy) is 3. The fraction of sp³-hybridized carbons (Fsp3) is 0.217. The maximum Gasteiger partial charge on any atom is 0.352 e. The second kappa shape index (κ2) is 9.03. The molecule has 10 heteroatoms. The van der Waals surface area contributed by atoms with Gasteiger partial charge < -0.3 is 19.5 Å². The molecule has 2 aromatic heterocycles. The average Bonchev–Trinajstić information content (AvgIpc) is 3.14. The average molecular weight is 449 g/mol. The Kier molecular flexibility index (Phi) is 5.99. The summed E-state index contributed by atoms with van der Waals surface area (Å²) in [5.74, 6) is 1.82. The molecule has 2 heterocycles. The quantitative estimate of drug-likeness (QED) is 0.462. The maximum atomic E-state index is 12.8. The van der Waals surface area contributed by atoms with Gasteiger partial charge in [-0.1, -0.05) is 0 Å². The number of methoxy groups -OCH3 is 3. The first-order valence-corrected chi connectivity index (χ1v) is 10.1. The maximum absolute atomic E-state index is 12.8. The molecule has 4 rings (SSSR count). The molecule has 0 fully saturated rings. The summed E-state index contributed by atoms with van der Waals surface area (Å²) in [4.78, 5) is 29.9. The molecular weight excluding hydrogens is 426 g/mol. The van der Waals surface area contributed by atoms with Crippen LogP contribution in [0.2, 0.25) is 0 Å². The molecule has 2 aromatic carbocycles. The van der Waals surface area contributed by atoms with Crippen molar-refractivity contribution in [2.75, 3.05) is 26.6 Å². The lowest BCUT2D eigenvalue weighted by atomic mass is 10.1. The monoisotopic (exact) mass is 449 g/mol. The number of amides is 1.